The molecule has 6 heteroatoms. The summed E-state index contributed by atoms with van der Waals surface area (Å²) in [5.74, 6) is 1.76. The molecular weight excluding hydrogens is 332 g/mol. The van der Waals surface area contributed by atoms with Gasteiger partial charge < -0.3 is 4.90 Å². The van der Waals surface area contributed by atoms with Crippen molar-refractivity contribution in [3.63, 3.8) is 0 Å². The van der Waals surface area contributed by atoms with Crippen LogP contribution in [0.5, 0.6) is 0 Å². The van der Waals surface area contributed by atoms with Crippen molar-refractivity contribution in [3.8, 4) is 5.69 Å². The van der Waals surface area contributed by atoms with Gasteiger partial charge in [-0.1, -0.05) is 30.8 Å². The van der Waals surface area contributed by atoms with E-state index in [1.807, 2.05) is 35.4 Å². The first-order valence-electron chi connectivity index (χ1n) is 8.90. The number of piperidine rings is 1. The van der Waals surface area contributed by atoms with Gasteiger partial charge in [0, 0.05) is 18.8 Å². The number of thioether (sulfide) groups is 1. The molecule has 0 radical (unpaired) electrons. The van der Waals surface area contributed by atoms with Crippen LogP contribution in [0.1, 0.15) is 38.1 Å². The number of hydrogen-bond donors (Lipinski definition) is 0. The van der Waals surface area contributed by atoms with Crippen molar-refractivity contribution in [2.24, 2.45) is 5.92 Å². The number of carbonyl (C=O) groups is 1. The van der Waals surface area contributed by atoms with Gasteiger partial charge in [0.2, 0.25) is 5.91 Å². The molecule has 1 amide bonds. The van der Waals surface area contributed by atoms with Crippen molar-refractivity contribution in [2.75, 3.05) is 13.1 Å². The molecule has 5 nitrogen and oxygen atoms in total. The number of nitrogens with zero attached hydrogens (tertiary/aromatic N) is 4. The molecule has 1 aliphatic rings. The molecule has 0 spiro atoms. The molecule has 2 aromatic rings. The molecule has 0 bridgehead atoms. The van der Waals surface area contributed by atoms with E-state index in [-0.39, 0.29) is 11.2 Å². The highest BCUT2D eigenvalue weighted by Gasteiger charge is 2.26. The summed E-state index contributed by atoms with van der Waals surface area (Å²) >= 11 is 1.49. The van der Waals surface area contributed by atoms with Crippen LogP contribution in [0, 0.1) is 19.8 Å². The molecule has 0 N–H and O–H groups in total. The molecule has 0 saturated carbocycles. The van der Waals surface area contributed by atoms with E-state index in [1.54, 1.807) is 0 Å². The van der Waals surface area contributed by atoms with Gasteiger partial charge in [-0.2, -0.15) is 0 Å². The van der Waals surface area contributed by atoms with Crippen LogP contribution in [-0.2, 0) is 4.79 Å². The number of carbonyl (C=O) groups excluding carboxylic acids is 1. The standard InChI is InChI=1S/C19H26N4OS/c1-13-8-10-22(11-9-13)18(24)15(3)25-19-21-20-16(4)23(19)17-7-5-6-14(2)12-17/h5-7,12-13,15H,8-11H2,1-4H3/t15-/m0/s1. The second-order valence-corrected chi connectivity index (χ2v) is 8.28. The van der Waals surface area contributed by atoms with Crippen LogP contribution >= 0.6 is 11.8 Å². The third-order valence-corrected chi connectivity index (χ3v) is 5.81. The van der Waals surface area contributed by atoms with Crippen molar-refractivity contribution in [2.45, 2.75) is 50.9 Å². The third kappa shape index (κ3) is 4.06. The van der Waals surface area contributed by atoms with E-state index >= 15 is 0 Å². The summed E-state index contributed by atoms with van der Waals surface area (Å²) in [6.07, 6.45) is 2.20. The summed E-state index contributed by atoms with van der Waals surface area (Å²) in [5, 5.41) is 9.14. The molecule has 134 valence electrons. The van der Waals surface area contributed by atoms with Gasteiger partial charge in [0.25, 0.3) is 0 Å². The Balaban J connectivity index is 1.76. The lowest BCUT2D eigenvalue weighted by atomic mass is 9.99. The molecule has 1 atom stereocenters. The van der Waals surface area contributed by atoms with E-state index in [2.05, 4.69) is 36.2 Å². The van der Waals surface area contributed by atoms with Crippen molar-refractivity contribution in [1.29, 1.82) is 0 Å². The Kier molecular flexibility index (Phi) is 5.47. The average Bonchev–Trinajstić information content (AvgIpc) is 2.95. The maximum atomic E-state index is 12.8. The van der Waals surface area contributed by atoms with Crippen LogP contribution in [0.2, 0.25) is 0 Å². The first-order valence-corrected chi connectivity index (χ1v) is 9.78. The van der Waals surface area contributed by atoms with Gasteiger partial charge in [-0.3, -0.25) is 9.36 Å². The highest BCUT2D eigenvalue weighted by molar-refractivity contribution is 8.00. The lowest BCUT2D eigenvalue weighted by molar-refractivity contribution is -0.131. The van der Waals surface area contributed by atoms with Crippen LogP contribution in [0.25, 0.3) is 5.69 Å². The lowest BCUT2D eigenvalue weighted by Gasteiger charge is -2.31. The van der Waals surface area contributed by atoms with Crippen LogP contribution in [-0.4, -0.2) is 43.9 Å². The summed E-state index contributed by atoms with van der Waals surface area (Å²) in [6, 6.07) is 8.26. The monoisotopic (exact) mass is 358 g/mol. The van der Waals surface area contributed by atoms with Gasteiger partial charge in [0.1, 0.15) is 5.82 Å². The van der Waals surface area contributed by atoms with Crippen LogP contribution < -0.4 is 0 Å². The topological polar surface area (TPSA) is 51.0 Å². The second-order valence-electron chi connectivity index (χ2n) is 6.97. The summed E-state index contributed by atoms with van der Waals surface area (Å²) in [7, 11) is 0. The zero-order chi connectivity index (χ0) is 18.0. The van der Waals surface area contributed by atoms with E-state index in [9.17, 15) is 4.79 Å². The molecule has 1 fully saturated rings. The van der Waals surface area contributed by atoms with E-state index in [4.69, 9.17) is 0 Å². The molecule has 3 rings (SSSR count). The van der Waals surface area contributed by atoms with Crippen LogP contribution in [0.3, 0.4) is 0 Å². The Morgan fingerprint density at radius 1 is 1.24 bits per heavy atom. The van der Waals surface area contributed by atoms with E-state index < -0.39 is 0 Å². The third-order valence-electron chi connectivity index (χ3n) is 4.78. The van der Waals surface area contributed by atoms with Gasteiger partial charge in [0.05, 0.1) is 5.25 Å². The first kappa shape index (κ1) is 18.0. The maximum absolute atomic E-state index is 12.8. The minimum absolute atomic E-state index is 0.166. The number of aryl methyl sites for hydroxylation is 2. The van der Waals surface area contributed by atoms with Crippen molar-refractivity contribution >= 4 is 17.7 Å². The molecule has 1 aromatic heterocycles. The molecule has 1 aromatic carbocycles. The Morgan fingerprint density at radius 3 is 2.64 bits per heavy atom. The SMILES string of the molecule is Cc1cccc(-n2c(C)nnc2S[C@@H](C)C(=O)N2CCC(C)CC2)c1. The Morgan fingerprint density at radius 2 is 1.96 bits per heavy atom. The number of benzene rings is 1. The van der Waals surface area contributed by atoms with Crippen molar-refractivity contribution < 1.29 is 4.79 Å². The molecule has 0 aliphatic carbocycles. The molecule has 2 heterocycles. The van der Waals surface area contributed by atoms with Gasteiger partial charge in [-0.05, 0) is 57.2 Å². The minimum atomic E-state index is -0.166. The summed E-state index contributed by atoms with van der Waals surface area (Å²) in [4.78, 5) is 14.8. The van der Waals surface area contributed by atoms with Crippen LogP contribution in [0.4, 0.5) is 0 Å². The van der Waals surface area contributed by atoms with Gasteiger partial charge in [-0.25, -0.2) is 0 Å². The Bertz CT molecular complexity index is 750. The molecule has 25 heavy (non-hydrogen) atoms. The number of hydrogen-bond acceptors (Lipinski definition) is 4. The lowest BCUT2D eigenvalue weighted by Crippen LogP contribution is -2.41. The average molecular weight is 359 g/mol. The summed E-state index contributed by atoms with van der Waals surface area (Å²) in [6.45, 7) is 9.98. The van der Waals surface area contributed by atoms with Gasteiger partial charge >= 0.3 is 0 Å². The first-order chi connectivity index (χ1) is 12.0. The van der Waals surface area contributed by atoms with Crippen molar-refractivity contribution in [1.82, 2.24) is 19.7 Å². The number of likely N-dealkylation sites (tertiary alicyclic amines) is 1. The Labute approximate surface area is 153 Å². The Hall–Kier alpha value is -1.82. The van der Waals surface area contributed by atoms with Gasteiger partial charge in [-0.15, -0.1) is 10.2 Å². The summed E-state index contributed by atoms with van der Waals surface area (Å²) < 4.78 is 2.03. The normalized spacial score (nSPS) is 16.9. The highest BCUT2D eigenvalue weighted by Crippen LogP contribution is 2.28. The van der Waals surface area contributed by atoms with E-state index in [0.717, 1.165) is 48.5 Å². The van der Waals surface area contributed by atoms with E-state index in [0.29, 0.717) is 0 Å². The summed E-state index contributed by atoms with van der Waals surface area (Å²) in [5.41, 5.74) is 2.23. The molecule has 1 saturated heterocycles. The fraction of sp³-hybridized carbons (Fsp3) is 0.526. The highest BCUT2D eigenvalue weighted by atomic mass is 32.2. The van der Waals surface area contributed by atoms with Gasteiger partial charge in [0.15, 0.2) is 5.16 Å². The number of amides is 1. The van der Waals surface area contributed by atoms with Crippen LogP contribution in [0.15, 0.2) is 29.4 Å². The molecule has 0 unspecified atom stereocenters. The van der Waals surface area contributed by atoms with E-state index in [1.165, 1.54) is 17.3 Å². The zero-order valence-electron chi connectivity index (χ0n) is 15.4. The maximum Gasteiger partial charge on any atom is 0.235 e. The fourth-order valence-corrected chi connectivity index (χ4v) is 4.18. The predicted molar refractivity (Wildman–Crippen MR) is 101 cm³/mol. The number of rotatable bonds is 4. The predicted octanol–water partition coefficient (Wildman–Crippen LogP) is 3.62. The molecular formula is C19H26N4OS. The molecule has 1 aliphatic heterocycles. The largest absolute Gasteiger partial charge is 0.342 e. The number of aromatic nitrogens is 3. The quantitative estimate of drug-likeness (QED) is 0.783. The van der Waals surface area contributed by atoms with Crippen molar-refractivity contribution in [3.05, 3.63) is 35.7 Å². The zero-order valence-corrected chi connectivity index (χ0v) is 16.2. The fourth-order valence-electron chi connectivity index (χ4n) is 3.18. The second kappa shape index (κ2) is 7.60. The minimum Gasteiger partial charge on any atom is -0.342 e. The smallest absolute Gasteiger partial charge is 0.235 e.